The van der Waals surface area contributed by atoms with Crippen molar-refractivity contribution in [1.82, 2.24) is 5.32 Å². The normalized spacial score (nSPS) is 15.6. The molecule has 2 amide bonds. The zero-order chi connectivity index (χ0) is 19.9. The number of rotatable bonds is 8. The maximum atomic E-state index is 12.4. The number of carbonyl (C=O) groups is 2. The van der Waals surface area contributed by atoms with Crippen LogP contribution < -0.4 is 19.7 Å². The molecule has 3 rings (SSSR count). The summed E-state index contributed by atoms with van der Waals surface area (Å²) in [5.41, 5.74) is 0.622. The molecule has 1 aliphatic heterocycles. The van der Waals surface area contributed by atoms with E-state index < -0.39 is 6.10 Å². The second-order valence-corrected chi connectivity index (χ2v) is 6.95. The lowest BCUT2D eigenvalue weighted by Crippen LogP contribution is -2.48. The Balaban J connectivity index is 1.39. The van der Waals surface area contributed by atoms with Gasteiger partial charge in [-0.15, -0.1) is 0 Å². The van der Waals surface area contributed by atoms with Crippen LogP contribution >= 0.6 is 11.6 Å². The smallest absolute Gasteiger partial charge is 0.268 e. The molecule has 0 saturated carbocycles. The van der Waals surface area contributed by atoms with Crippen molar-refractivity contribution in [1.29, 1.82) is 0 Å². The number of nitrogens with one attached hydrogen (secondary N) is 1. The van der Waals surface area contributed by atoms with Gasteiger partial charge in [0.15, 0.2) is 6.10 Å². The first-order valence-electron chi connectivity index (χ1n) is 9.27. The van der Waals surface area contributed by atoms with Gasteiger partial charge in [0, 0.05) is 11.6 Å². The molecule has 1 unspecified atom stereocenters. The largest absolute Gasteiger partial charge is 0.494 e. The molecule has 148 valence electrons. The summed E-state index contributed by atoms with van der Waals surface area (Å²) in [5, 5.41) is 3.53. The molecular weight excluding hydrogens is 380 g/mol. The lowest BCUT2D eigenvalue weighted by Gasteiger charge is -2.32. The summed E-state index contributed by atoms with van der Waals surface area (Å²) in [4.78, 5) is 26.1. The van der Waals surface area contributed by atoms with Gasteiger partial charge in [-0.05, 0) is 56.2 Å². The molecule has 0 fully saturated rings. The highest BCUT2D eigenvalue weighted by Crippen LogP contribution is 2.33. The van der Waals surface area contributed by atoms with Gasteiger partial charge in [-0.1, -0.05) is 23.7 Å². The first-order chi connectivity index (χ1) is 13.5. The number of halogens is 1. The standard InChI is InChI=1S/C21H23ClN2O4/c1-15-21(26)24(18-6-2-3-7-19(18)28-15)14-20(25)23-12-4-5-13-27-17-10-8-16(22)9-11-17/h2-3,6-11,15H,4-5,12-14H2,1H3,(H,23,25). The van der Waals surface area contributed by atoms with Crippen LogP contribution in [0, 0.1) is 0 Å². The van der Waals surface area contributed by atoms with E-state index in [9.17, 15) is 9.59 Å². The van der Waals surface area contributed by atoms with Crippen LogP contribution in [-0.2, 0) is 9.59 Å². The maximum Gasteiger partial charge on any atom is 0.268 e. The third kappa shape index (κ3) is 5.16. The highest BCUT2D eigenvalue weighted by Gasteiger charge is 2.32. The molecule has 2 aromatic rings. The van der Waals surface area contributed by atoms with Gasteiger partial charge >= 0.3 is 0 Å². The Morgan fingerprint density at radius 2 is 1.93 bits per heavy atom. The topological polar surface area (TPSA) is 67.9 Å². The minimum Gasteiger partial charge on any atom is -0.494 e. The number of ether oxygens (including phenoxy) is 2. The Kier molecular flexibility index (Phi) is 6.76. The molecule has 7 heteroatoms. The molecular formula is C21H23ClN2O4. The summed E-state index contributed by atoms with van der Waals surface area (Å²) in [5.74, 6) is 0.967. The zero-order valence-electron chi connectivity index (χ0n) is 15.7. The van der Waals surface area contributed by atoms with Gasteiger partial charge in [-0.25, -0.2) is 0 Å². The van der Waals surface area contributed by atoms with Crippen molar-refractivity contribution in [3.05, 3.63) is 53.6 Å². The Bertz CT molecular complexity index is 825. The van der Waals surface area contributed by atoms with Crippen molar-refractivity contribution in [2.75, 3.05) is 24.6 Å². The number of anilines is 1. The lowest BCUT2D eigenvalue weighted by atomic mass is 10.2. The third-order valence-electron chi connectivity index (χ3n) is 4.35. The van der Waals surface area contributed by atoms with E-state index in [0.29, 0.717) is 29.6 Å². The summed E-state index contributed by atoms with van der Waals surface area (Å²) in [7, 11) is 0. The Labute approximate surface area is 169 Å². The summed E-state index contributed by atoms with van der Waals surface area (Å²) in [6.07, 6.45) is 0.982. The van der Waals surface area contributed by atoms with E-state index in [0.717, 1.165) is 18.6 Å². The molecule has 1 heterocycles. The first-order valence-corrected chi connectivity index (χ1v) is 9.64. The molecule has 0 aromatic heterocycles. The van der Waals surface area contributed by atoms with E-state index in [-0.39, 0.29) is 18.4 Å². The van der Waals surface area contributed by atoms with Gasteiger partial charge in [0.2, 0.25) is 5.91 Å². The molecule has 0 bridgehead atoms. The number of nitrogens with zero attached hydrogens (tertiary/aromatic N) is 1. The average Bonchev–Trinajstić information content (AvgIpc) is 2.69. The molecule has 0 saturated heterocycles. The number of para-hydroxylation sites is 2. The fourth-order valence-corrected chi connectivity index (χ4v) is 3.02. The van der Waals surface area contributed by atoms with E-state index in [4.69, 9.17) is 21.1 Å². The fraction of sp³-hybridized carbons (Fsp3) is 0.333. The van der Waals surface area contributed by atoms with Gasteiger partial charge in [0.1, 0.15) is 18.0 Å². The van der Waals surface area contributed by atoms with E-state index in [1.54, 1.807) is 31.2 Å². The lowest BCUT2D eigenvalue weighted by molar-refractivity contribution is -0.128. The van der Waals surface area contributed by atoms with E-state index >= 15 is 0 Å². The van der Waals surface area contributed by atoms with Crippen LogP contribution in [0.2, 0.25) is 5.02 Å². The van der Waals surface area contributed by atoms with Gasteiger partial charge < -0.3 is 14.8 Å². The Morgan fingerprint density at radius 1 is 1.18 bits per heavy atom. The highest BCUT2D eigenvalue weighted by atomic mass is 35.5. The minimum atomic E-state index is -0.604. The Hall–Kier alpha value is -2.73. The minimum absolute atomic E-state index is 0.0230. The molecule has 0 spiro atoms. The molecule has 2 aromatic carbocycles. The van der Waals surface area contributed by atoms with Crippen LogP contribution in [0.3, 0.4) is 0 Å². The number of hydrogen-bond donors (Lipinski definition) is 1. The van der Waals surface area contributed by atoms with Crippen LogP contribution in [-0.4, -0.2) is 37.6 Å². The number of benzene rings is 2. The van der Waals surface area contributed by atoms with Gasteiger partial charge in [-0.2, -0.15) is 0 Å². The number of carbonyl (C=O) groups excluding carboxylic acids is 2. The fourth-order valence-electron chi connectivity index (χ4n) is 2.90. The molecule has 6 nitrogen and oxygen atoms in total. The number of amides is 2. The summed E-state index contributed by atoms with van der Waals surface area (Å²) < 4.78 is 11.2. The van der Waals surface area contributed by atoms with Gasteiger partial charge in [0.05, 0.1) is 12.3 Å². The molecule has 0 radical (unpaired) electrons. The van der Waals surface area contributed by atoms with Crippen molar-refractivity contribution >= 4 is 29.1 Å². The number of unbranched alkanes of at least 4 members (excludes halogenated alkanes) is 1. The van der Waals surface area contributed by atoms with Gasteiger partial charge in [0.25, 0.3) is 5.91 Å². The number of hydrogen-bond acceptors (Lipinski definition) is 4. The summed E-state index contributed by atoms with van der Waals surface area (Å²) in [6.45, 7) is 2.75. The van der Waals surface area contributed by atoms with Crippen LogP contribution in [0.15, 0.2) is 48.5 Å². The summed E-state index contributed by atoms with van der Waals surface area (Å²) in [6, 6.07) is 14.4. The quantitative estimate of drug-likeness (QED) is 0.687. The van der Waals surface area contributed by atoms with Crippen molar-refractivity contribution in [3.8, 4) is 11.5 Å². The maximum absolute atomic E-state index is 12.4. The van der Waals surface area contributed by atoms with Crippen LogP contribution in [0.4, 0.5) is 5.69 Å². The molecule has 28 heavy (non-hydrogen) atoms. The SMILES string of the molecule is CC1Oc2ccccc2N(CC(=O)NCCCCOc2ccc(Cl)cc2)C1=O. The van der Waals surface area contributed by atoms with Crippen molar-refractivity contribution < 1.29 is 19.1 Å². The Morgan fingerprint density at radius 3 is 2.71 bits per heavy atom. The second-order valence-electron chi connectivity index (χ2n) is 6.51. The second kappa shape index (κ2) is 9.46. The van der Waals surface area contributed by atoms with Crippen LogP contribution in [0.25, 0.3) is 0 Å². The van der Waals surface area contributed by atoms with Gasteiger partial charge in [-0.3, -0.25) is 14.5 Å². The van der Waals surface area contributed by atoms with Crippen LogP contribution in [0.5, 0.6) is 11.5 Å². The van der Waals surface area contributed by atoms with Crippen LogP contribution in [0.1, 0.15) is 19.8 Å². The monoisotopic (exact) mass is 402 g/mol. The van der Waals surface area contributed by atoms with Crippen molar-refractivity contribution in [2.45, 2.75) is 25.9 Å². The molecule has 1 atom stereocenters. The number of fused-ring (bicyclic) bond motifs is 1. The highest BCUT2D eigenvalue weighted by molar-refractivity contribution is 6.30. The van der Waals surface area contributed by atoms with E-state index in [1.807, 2.05) is 24.3 Å². The predicted molar refractivity (Wildman–Crippen MR) is 108 cm³/mol. The van der Waals surface area contributed by atoms with E-state index in [2.05, 4.69) is 5.32 Å². The molecule has 0 aliphatic carbocycles. The zero-order valence-corrected chi connectivity index (χ0v) is 16.4. The molecule has 1 aliphatic rings. The predicted octanol–water partition coefficient (Wildman–Crippen LogP) is 3.43. The first kappa shape index (κ1) is 20.0. The third-order valence-corrected chi connectivity index (χ3v) is 4.60. The summed E-state index contributed by atoms with van der Waals surface area (Å²) >= 11 is 5.83. The van der Waals surface area contributed by atoms with E-state index in [1.165, 1.54) is 4.90 Å². The van der Waals surface area contributed by atoms with Crippen molar-refractivity contribution in [3.63, 3.8) is 0 Å². The van der Waals surface area contributed by atoms with Crippen molar-refractivity contribution in [2.24, 2.45) is 0 Å². The average molecular weight is 403 g/mol. The molecule has 1 N–H and O–H groups in total.